The number of hydrogen-bond donors (Lipinski definition) is 0. The van der Waals surface area contributed by atoms with Crippen LogP contribution < -0.4 is 0 Å². The molecule has 2 heterocycles. The number of carbonyl (C=O) groups is 1. The minimum Gasteiger partial charge on any atom is -0.336 e. The molecule has 0 saturated carbocycles. The number of aryl methyl sites for hydroxylation is 3. The average molecular weight is 354 g/mol. The first-order valence-corrected chi connectivity index (χ1v) is 9.00. The number of carbonyl (C=O) groups excluding carboxylic acids is 1. The van der Waals surface area contributed by atoms with Crippen molar-refractivity contribution in [3.05, 3.63) is 62.9 Å². The maximum absolute atomic E-state index is 12.8. The molecular formula is C19H22N4OS. The molecule has 3 rings (SSSR count). The third-order valence-corrected chi connectivity index (χ3v) is 5.34. The van der Waals surface area contributed by atoms with Crippen molar-refractivity contribution >= 4 is 17.2 Å². The van der Waals surface area contributed by atoms with Crippen LogP contribution in [0.25, 0.3) is 5.69 Å². The maximum Gasteiger partial charge on any atom is 0.265 e. The molecule has 0 N–H and O–H groups in total. The quantitative estimate of drug-likeness (QED) is 0.715. The van der Waals surface area contributed by atoms with Crippen molar-refractivity contribution in [1.82, 2.24) is 19.7 Å². The van der Waals surface area contributed by atoms with Crippen LogP contribution in [-0.4, -0.2) is 32.6 Å². The summed E-state index contributed by atoms with van der Waals surface area (Å²) in [4.78, 5) is 19.6. The Kier molecular flexibility index (Phi) is 4.72. The van der Waals surface area contributed by atoms with Crippen molar-refractivity contribution in [2.45, 2.75) is 34.2 Å². The van der Waals surface area contributed by atoms with Gasteiger partial charge in [0.05, 0.1) is 22.1 Å². The van der Waals surface area contributed by atoms with Gasteiger partial charge >= 0.3 is 0 Å². The number of amides is 1. The summed E-state index contributed by atoms with van der Waals surface area (Å²) in [5.74, 6) is 0.00867. The number of hydrogen-bond acceptors (Lipinski definition) is 4. The molecule has 0 aliphatic carbocycles. The van der Waals surface area contributed by atoms with Gasteiger partial charge in [0.2, 0.25) is 0 Å². The number of rotatable bonds is 4. The summed E-state index contributed by atoms with van der Waals surface area (Å²) in [6, 6.07) is 10.0. The molecular weight excluding hydrogens is 332 g/mol. The van der Waals surface area contributed by atoms with E-state index >= 15 is 0 Å². The summed E-state index contributed by atoms with van der Waals surface area (Å²) in [5.41, 5.74) is 4.90. The Morgan fingerprint density at radius 3 is 2.40 bits per heavy atom. The summed E-state index contributed by atoms with van der Waals surface area (Å²) < 4.78 is 1.94. The van der Waals surface area contributed by atoms with Gasteiger partial charge in [-0.1, -0.05) is 18.2 Å². The predicted octanol–water partition coefficient (Wildman–Crippen LogP) is 3.83. The zero-order valence-electron chi connectivity index (χ0n) is 15.2. The number of thiazole rings is 1. The van der Waals surface area contributed by atoms with Gasteiger partial charge in [0.15, 0.2) is 0 Å². The van der Waals surface area contributed by atoms with Gasteiger partial charge in [-0.05, 0) is 39.8 Å². The summed E-state index contributed by atoms with van der Waals surface area (Å²) in [7, 11) is 1.83. The van der Waals surface area contributed by atoms with E-state index in [0.717, 1.165) is 33.3 Å². The lowest BCUT2D eigenvalue weighted by atomic mass is 10.2. The van der Waals surface area contributed by atoms with Crippen LogP contribution in [0.15, 0.2) is 30.3 Å². The van der Waals surface area contributed by atoms with E-state index in [-0.39, 0.29) is 5.91 Å². The zero-order valence-corrected chi connectivity index (χ0v) is 16.0. The monoisotopic (exact) mass is 354 g/mol. The number of para-hydroxylation sites is 1. The Morgan fingerprint density at radius 2 is 1.80 bits per heavy atom. The summed E-state index contributed by atoms with van der Waals surface area (Å²) in [6.07, 6.45) is 0. The van der Waals surface area contributed by atoms with Gasteiger partial charge in [0, 0.05) is 24.8 Å². The summed E-state index contributed by atoms with van der Waals surface area (Å²) >= 11 is 1.45. The molecule has 2 aromatic heterocycles. The van der Waals surface area contributed by atoms with Crippen LogP contribution >= 0.6 is 11.3 Å². The maximum atomic E-state index is 12.8. The van der Waals surface area contributed by atoms with E-state index in [4.69, 9.17) is 0 Å². The van der Waals surface area contributed by atoms with E-state index in [2.05, 4.69) is 10.1 Å². The minimum absolute atomic E-state index is 0.00867. The van der Waals surface area contributed by atoms with Gasteiger partial charge in [0.1, 0.15) is 4.88 Å². The van der Waals surface area contributed by atoms with Crippen molar-refractivity contribution < 1.29 is 4.79 Å². The Hall–Kier alpha value is -2.47. The van der Waals surface area contributed by atoms with Gasteiger partial charge in [-0.15, -0.1) is 11.3 Å². The minimum atomic E-state index is 0.00867. The lowest BCUT2D eigenvalue weighted by molar-refractivity contribution is 0.0788. The van der Waals surface area contributed by atoms with Gasteiger partial charge in [-0.2, -0.15) is 5.10 Å². The van der Waals surface area contributed by atoms with Crippen LogP contribution in [-0.2, 0) is 6.54 Å². The second kappa shape index (κ2) is 6.80. The highest BCUT2D eigenvalue weighted by atomic mass is 32.1. The fraction of sp³-hybridized carbons (Fsp3) is 0.316. The molecule has 0 saturated heterocycles. The lowest BCUT2D eigenvalue weighted by Crippen LogP contribution is -2.26. The molecule has 3 aromatic rings. The molecule has 0 atom stereocenters. The molecule has 1 amide bonds. The topological polar surface area (TPSA) is 51.0 Å². The second-order valence-electron chi connectivity index (χ2n) is 6.21. The Morgan fingerprint density at radius 1 is 1.12 bits per heavy atom. The lowest BCUT2D eigenvalue weighted by Gasteiger charge is -2.17. The Balaban J connectivity index is 1.87. The number of benzene rings is 1. The van der Waals surface area contributed by atoms with Crippen molar-refractivity contribution in [1.29, 1.82) is 0 Å². The molecule has 5 nitrogen and oxygen atoms in total. The average Bonchev–Trinajstić information content (AvgIpc) is 3.07. The zero-order chi connectivity index (χ0) is 18.1. The number of aromatic nitrogens is 3. The van der Waals surface area contributed by atoms with Crippen LogP contribution in [0.3, 0.4) is 0 Å². The van der Waals surface area contributed by atoms with Crippen LogP contribution in [0, 0.1) is 27.7 Å². The van der Waals surface area contributed by atoms with Gasteiger partial charge in [-0.3, -0.25) is 4.79 Å². The molecule has 0 unspecified atom stereocenters. The first-order chi connectivity index (χ1) is 11.9. The first kappa shape index (κ1) is 17.4. The number of nitrogens with zero attached hydrogens (tertiary/aromatic N) is 4. The second-order valence-corrected chi connectivity index (χ2v) is 7.41. The highest BCUT2D eigenvalue weighted by Crippen LogP contribution is 2.22. The SMILES string of the molecule is Cc1nc(C)c(C(=O)N(C)Cc2c(C)nn(-c3ccccc3)c2C)s1. The van der Waals surface area contributed by atoms with Gasteiger partial charge in [0.25, 0.3) is 5.91 Å². The van der Waals surface area contributed by atoms with Gasteiger partial charge < -0.3 is 4.90 Å². The van der Waals surface area contributed by atoms with E-state index in [1.54, 1.807) is 4.90 Å². The van der Waals surface area contributed by atoms with Crippen molar-refractivity contribution in [3.63, 3.8) is 0 Å². The summed E-state index contributed by atoms with van der Waals surface area (Å²) in [5, 5.41) is 5.57. The molecule has 0 fully saturated rings. The molecule has 130 valence electrons. The Labute approximate surface area is 151 Å². The standard InChI is InChI=1S/C19H22N4OS/c1-12-17(14(3)23(21-12)16-9-7-6-8-10-16)11-22(5)19(24)18-13(2)20-15(4)25-18/h6-10H,11H2,1-5H3. The normalized spacial score (nSPS) is 10.9. The third-order valence-electron chi connectivity index (χ3n) is 4.28. The van der Waals surface area contributed by atoms with Gasteiger partial charge in [-0.25, -0.2) is 9.67 Å². The van der Waals surface area contributed by atoms with Crippen LogP contribution in [0.4, 0.5) is 0 Å². The van der Waals surface area contributed by atoms with Crippen molar-refractivity contribution in [2.24, 2.45) is 0 Å². The molecule has 0 spiro atoms. The molecule has 0 aliphatic rings. The molecule has 0 radical (unpaired) electrons. The van der Waals surface area contributed by atoms with Crippen LogP contribution in [0.5, 0.6) is 0 Å². The van der Waals surface area contributed by atoms with E-state index in [1.165, 1.54) is 11.3 Å². The summed E-state index contributed by atoms with van der Waals surface area (Å²) in [6.45, 7) is 8.37. The Bertz CT molecular complexity index is 911. The fourth-order valence-electron chi connectivity index (χ4n) is 2.94. The third kappa shape index (κ3) is 3.35. The van der Waals surface area contributed by atoms with Crippen molar-refractivity contribution in [3.8, 4) is 5.69 Å². The van der Waals surface area contributed by atoms with Crippen LogP contribution in [0.1, 0.15) is 37.3 Å². The molecule has 6 heteroatoms. The van der Waals surface area contributed by atoms with Crippen molar-refractivity contribution in [2.75, 3.05) is 7.05 Å². The van der Waals surface area contributed by atoms with E-state index in [1.807, 2.05) is 69.8 Å². The van der Waals surface area contributed by atoms with E-state index in [9.17, 15) is 4.79 Å². The molecule has 25 heavy (non-hydrogen) atoms. The molecule has 0 bridgehead atoms. The van der Waals surface area contributed by atoms with E-state index < -0.39 is 0 Å². The first-order valence-electron chi connectivity index (χ1n) is 8.18. The van der Waals surface area contributed by atoms with E-state index in [0.29, 0.717) is 11.4 Å². The fourth-order valence-corrected chi connectivity index (χ4v) is 3.85. The molecule has 1 aromatic carbocycles. The molecule has 0 aliphatic heterocycles. The highest BCUT2D eigenvalue weighted by Gasteiger charge is 2.21. The van der Waals surface area contributed by atoms with Crippen LogP contribution in [0.2, 0.25) is 0 Å². The highest BCUT2D eigenvalue weighted by molar-refractivity contribution is 7.13. The largest absolute Gasteiger partial charge is 0.336 e. The predicted molar refractivity (Wildman–Crippen MR) is 100 cm³/mol. The smallest absolute Gasteiger partial charge is 0.265 e.